The molecule has 2 aliphatic heterocycles. The summed E-state index contributed by atoms with van der Waals surface area (Å²) in [7, 11) is 1.62. The SMILES string of the molecule is CCN(C(=O)/C=C/c1cccc(C(F)(F)F)c1)C1CC[C@@]2(O)[C@H]3Cc4ccc(OC)c5c4[C@@]2(CCN3CC2CC2)C1O5. The number of hydrogen-bond donors (Lipinski definition) is 1. The molecule has 3 fully saturated rings. The Labute approximate surface area is 244 Å². The van der Waals surface area contributed by atoms with Crippen LogP contribution in [0.3, 0.4) is 0 Å². The van der Waals surface area contributed by atoms with Crippen molar-refractivity contribution in [1.29, 1.82) is 0 Å². The monoisotopic (exact) mass is 582 g/mol. The minimum atomic E-state index is -4.46. The zero-order valence-electron chi connectivity index (χ0n) is 24.0. The molecule has 0 radical (unpaired) electrons. The van der Waals surface area contributed by atoms with Crippen molar-refractivity contribution < 1.29 is 32.5 Å². The van der Waals surface area contributed by atoms with Crippen LogP contribution in [-0.2, 0) is 22.8 Å². The van der Waals surface area contributed by atoms with E-state index < -0.39 is 28.9 Å². The summed E-state index contributed by atoms with van der Waals surface area (Å²) in [5, 5.41) is 12.8. The Morgan fingerprint density at radius 1 is 1.21 bits per heavy atom. The minimum Gasteiger partial charge on any atom is -0.493 e. The summed E-state index contributed by atoms with van der Waals surface area (Å²) in [6.07, 6.45) is 2.98. The second kappa shape index (κ2) is 9.74. The first kappa shape index (κ1) is 27.8. The van der Waals surface area contributed by atoms with Crippen molar-refractivity contribution in [2.45, 2.75) is 80.8 Å². The van der Waals surface area contributed by atoms with Gasteiger partial charge >= 0.3 is 6.18 Å². The molecule has 224 valence electrons. The molecule has 2 unspecified atom stereocenters. The maximum Gasteiger partial charge on any atom is 0.416 e. The first-order valence-corrected chi connectivity index (χ1v) is 15.1. The van der Waals surface area contributed by atoms with Crippen molar-refractivity contribution in [2.24, 2.45) is 5.92 Å². The molecule has 3 aliphatic carbocycles. The van der Waals surface area contributed by atoms with Gasteiger partial charge in [-0.05, 0) is 93.3 Å². The number of nitrogens with zero attached hydrogens (tertiary/aromatic N) is 2. The average Bonchev–Trinajstić information content (AvgIpc) is 3.71. The molecular weight excluding hydrogens is 545 g/mol. The fourth-order valence-corrected chi connectivity index (χ4v) is 8.56. The molecular formula is C33H37F3N2O4. The normalized spacial score (nSPS) is 31.5. The van der Waals surface area contributed by atoms with E-state index >= 15 is 0 Å². The molecule has 2 saturated carbocycles. The molecule has 1 spiro atoms. The van der Waals surface area contributed by atoms with Gasteiger partial charge in [0.1, 0.15) is 6.10 Å². The second-order valence-corrected chi connectivity index (χ2v) is 12.7. The van der Waals surface area contributed by atoms with Crippen molar-refractivity contribution >= 4 is 12.0 Å². The highest BCUT2D eigenvalue weighted by atomic mass is 19.4. The Balaban J connectivity index is 1.24. The molecule has 7 rings (SSSR count). The van der Waals surface area contributed by atoms with Gasteiger partial charge < -0.3 is 19.5 Å². The van der Waals surface area contributed by atoms with E-state index in [0.29, 0.717) is 42.4 Å². The second-order valence-electron chi connectivity index (χ2n) is 12.7. The van der Waals surface area contributed by atoms with E-state index in [1.807, 2.05) is 13.0 Å². The Morgan fingerprint density at radius 2 is 2.02 bits per heavy atom. The van der Waals surface area contributed by atoms with E-state index in [4.69, 9.17) is 9.47 Å². The zero-order chi connectivity index (χ0) is 29.4. The van der Waals surface area contributed by atoms with Gasteiger partial charge in [0.15, 0.2) is 11.5 Å². The van der Waals surface area contributed by atoms with Crippen LogP contribution in [-0.4, -0.2) is 71.3 Å². The highest BCUT2D eigenvalue weighted by molar-refractivity contribution is 5.92. The Bertz CT molecular complexity index is 1440. The summed E-state index contributed by atoms with van der Waals surface area (Å²) in [6.45, 7) is 4.19. The molecule has 5 atom stereocenters. The summed E-state index contributed by atoms with van der Waals surface area (Å²) in [6, 6.07) is 8.69. The van der Waals surface area contributed by atoms with Gasteiger partial charge in [0.05, 0.1) is 29.7 Å². The number of halogens is 3. The number of ether oxygens (including phenoxy) is 2. The van der Waals surface area contributed by atoms with Gasteiger partial charge in [-0.15, -0.1) is 0 Å². The number of likely N-dealkylation sites (tertiary alicyclic amines) is 1. The number of methoxy groups -OCH3 is 1. The predicted octanol–water partition coefficient (Wildman–Crippen LogP) is 5.21. The lowest BCUT2D eigenvalue weighted by atomic mass is 9.48. The molecule has 2 heterocycles. The first-order valence-electron chi connectivity index (χ1n) is 15.1. The predicted molar refractivity (Wildman–Crippen MR) is 151 cm³/mol. The molecule has 6 nitrogen and oxygen atoms in total. The van der Waals surface area contributed by atoms with Gasteiger partial charge in [-0.25, -0.2) is 0 Å². The number of alkyl halides is 3. The lowest BCUT2D eigenvalue weighted by Crippen LogP contribution is -2.78. The maximum absolute atomic E-state index is 13.7. The number of carbonyl (C=O) groups is 1. The zero-order valence-corrected chi connectivity index (χ0v) is 24.0. The Hall–Kier alpha value is -3.04. The van der Waals surface area contributed by atoms with Crippen LogP contribution in [0.5, 0.6) is 11.5 Å². The van der Waals surface area contributed by atoms with E-state index in [9.17, 15) is 23.1 Å². The summed E-state index contributed by atoms with van der Waals surface area (Å²) >= 11 is 0. The number of aliphatic hydroxyl groups is 1. The average molecular weight is 583 g/mol. The minimum absolute atomic E-state index is 0.0164. The topological polar surface area (TPSA) is 62.2 Å². The third-order valence-corrected chi connectivity index (χ3v) is 10.6. The highest BCUT2D eigenvalue weighted by Gasteiger charge is 2.73. The molecule has 42 heavy (non-hydrogen) atoms. The van der Waals surface area contributed by atoms with Crippen LogP contribution in [0.25, 0.3) is 6.08 Å². The molecule has 5 aliphatic rings. The van der Waals surface area contributed by atoms with Gasteiger partial charge in [0, 0.05) is 30.8 Å². The molecule has 0 aromatic heterocycles. The van der Waals surface area contributed by atoms with Crippen molar-refractivity contribution in [3.05, 3.63) is 64.7 Å². The van der Waals surface area contributed by atoms with Crippen molar-refractivity contribution in [1.82, 2.24) is 9.80 Å². The molecule has 2 aromatic carbocycles. The van der Waals surface area contributed by atoms with Crippen molar-refractivity contribution in [3.8, 4) is 11.5 Å². The van der Waals surface area contributed by atoms with E-state index in [1.165, 1.54) is 36.6 Å². The number of hydrogen-bond acceptors (Lipinski definition) is 5. The molecule has 1 amide bonds. The number of amides is 1. The smallest absolute Gasteiger partial charge is 0.416 e. The van der Waals surface area contributed by atoms with E-state index in [0.717, 1.165) is 43.6 Å². The quantitative estimate of drug-likeness (QED) is 0.455. The van der Waals surface area contributed by atoms with Gasteiger partial charge in [-0.3, -0.25) is 9.69 Å². The number of carbonyl (C=O) groups excluding carboxylic acids is 1. The first-order chi connectivity index (χ1) is 20.1. The van der Waals surface area contributed by atoms with Gasteiger partial charge in [-0.1, -0.05) is 18.2 Å². The Morgan fingerprint density at radius 3 is 2.74 bits per heavy atom. The summed E-state index contributed by atoms with van der Waals surface area (Å²) in [4.78, 5) is 17.9. The van der Waals surface area contributed by atoms with Gasteiger partial charge in [0.2, 0.25) is 5.91 Å². The van der Waals surface area contributed by atoms with Crippen LogP contribution >= 0.6 is 0 Å². The summed E-state index contributed by atoms with van der Waals surface area (Å²) in [5.41, 5.74) is 0.116. The molecule has 2 aromatic rings. The van der Waals surface area contributed by atoms with Crippen LogP contribution in [0, 0.1) is 5.92 Å². The van der Waals surface area contributed by atoms with E-state index in [1.54, 1.807) is 18.1 Å². The van der Waals surface area contributed by atoms with Crippen molar-refractivity contribution in [2.75, 3.05) is 26.7 Å². The van der Waals surface area contributed by atoms with Gasteiger partial charge in [-0.2, -0.15) is 13.2 Å². The number of benzene rings is 2. The van der Waals surface area contributed by atoms with Crippen LogP contribution in [0.4, 0.5) is 13.2 Å². The van der Waals surface area contributed by atoms with Crippen LogP contribution in [0.15, 0.2) is 42.5 Å². The molecule has 1 N–H and O–H groups in total. The summed E-state index contributed by atoms with van der Waals surface area (Å²) in [5.74, 6) is 1.74. The van der Waals surface area contributed by atoms with Crippen molar-refractivity contribution in [3.63, 3.8) is 0 Å². The van der Waals surface area contributed by atoms with Crippen LogP contribution in [0.2, 0.25) is 0 Å². The lowest BCUT2D eigenvalue weighted by Gasteiger charge is -2.64. The fraction of sp³-hybridized carbons (Fsp3) is 0.545. The van der Waals surface area contributed by atoms with Gasteiger partial charge in [0.25, 0.3) is 0 Å². The lowest BCUT2D eigenvalue weighted by molar-refractivity contribution is -0.201. The molecule has 1 saturated heterocycles. The third kappa shape index (κ3) is 4.03. The number of likely N-dealkylation sites (N-methyl/N-ethyl adjacent to an activating group) is 1. The van der Waals surface area contributed by atoms with E-state index in [2.05, 4.69) is 11.0 Å². The fourth-order valence-electron chi connectivity index (χ4n) is 8.56. The highest BCUT2D eigenvalue weighted by Crippen LogP contribution is 2.66. The maximum atomic E-state index is 13.7. The number of rotatable bonds is 7. The summed E-state index contributed by atoms with van der Waals surface area (Å²) < 4.78 is 52.2. The number of piperidine rings is 1. The third-order valence-electron chi connectivity index (χ3n) is 10.6. The van der Waals surface area contributed by atoms with Crippen LogP contribution < -0.4 is 9.47 Å². The molecule has 9 heteroatoms. The van der Waals surface area contributed by atoms with E-state index in [-0.39, 0.29) is 18.0 Å². The molecule has 2 bridgehead atoms. The van der Waals surface area contributed by atoms with Crippen LogP contribution in [0.1, 0.15) is 61.3 Å². The Kier molecular flexibility index (Phi) is 6.44. The largest absolute Gasteiger partial charge is 0.493 e. The standard InChI is InChI=1S/C33H37F3N2O4/c1-3-38(27(39)12-9-20-5-4-6-23(17-20)33(34,35)36)24-13-14-32(40)26-18-22-10-11-25(41-2)29-28(22)31(32,30(24)42-29)15-16-37(26)19-21-7-8-21/h4-6,9-12,17,21,24,26,30,40H,3,7-8,13-16,18-19H2,1-2H3/b12-9+/t24?,26-,30?,31+,32-/m1/s1.